The molecule has 1 rings (SSSR count). The van der Waals surface area contributed by atoms with Gasteiger partial charge in [-0.2, -0.15) is 0 Å². The molecule has 0 aromatic carbocycles. The van der Waals surface area contributed by atoms with E-state index in [2.05, 4.69) is 6.58 Å². The normalized spacial score (nSPS) is 36.1. The standard InChI is InChI=1S/C6H10O2/c1-2-5-3-6(4-7)8-5/h2,5-7H,1,3-4H2. The lowest BCUT2D eigenvalue weighted by Crippen LogP contribution is -2.38. The molecule has 0 aromatic rings. The summed E-state index contributed by atoms with van der Waals surface area (Å²) in [4.78, 5) is 0. The van der Waals surface area contributed by atoms with Crippen molar-refractivity contribution in [2.45, 2.75) is 18.6 Å². The predicted molar refractivity (Wildman–Crippen MR) is 30.6 cm³/mol. The minimum Gasteiger partial charge on any atom is -0.394 e. The summed E-state index contributed by atoms with van der Waals surface area (Å²) in [7, 11) is 0. The molecule has 1 saturated heterocycles. The Morgan fingerprint density at radius 3 is 2.88 bits per heavy atom. The summed E-state index contributed by atoms with van der Waals surface area (Å²) in [5.74, 6) is 0. The Hall–Kier alpha value is -0.340. The topological polar surface area (TPSA) is 29.5 Å². The van der Waals surface area contributed by atoms with E-state index in [9.17, 15) is 0 Å². The van der Waals surface area contributed by atoms with Crippen molar-refractivity contribution in [3.63, 3.8) is 0 Å². The van der Waals surface area contributed by atoms with Crippen LogP contribution in [-0.2, 0) is 4.74 Å². The van der Waals surface area contributed by atoms with Gasteiger partial charge in [0.25, 0.3) is 0 Å². The summed E-state index contributed by atoms with van der Waals surface area (Å²) in [6.45, 7) is 3.69. The maximum absolute atomic E-state index is 8.44. The van der Waals surface area contributed by atoms with Gasteiger partial charge in [0.05, 0.1) is 18.8 Å². The van der Waals surface area contributed by atoms with Gasteiger partial charge in [0.2, 0.25) is 0 Å². The van der Waals surface area contributed by atoms with Crippen LogP contribution in [0.5, 0.6) is 0 Å². The van der Waals surface area contributed by atoms with Crippen molar-refractivity contribution in [1.29, 1.82) is 0 Å². The van der Waals surface area contributed by atoms with Crippen molar-refractivity contribution >= 4 is 0 Å². The Labute approximate surface area is 48.8 Å². The van der Waals surface area contributed by atoms with Gasteiger partial charge >= 0.3 is 0 Å². The molecule has 8 heavy (non-hydrogen) atoms. The highest BCUT2D eigenvalue weighted by molar-refractivity contribution is 4.89. The molecule has 2 heteroatoms. The predicted octanol–water partition coefficient (Wildman–Crippen LogP) is 0.322. The molecular formula is C6H10O2. The van der Waals surface area contributed by atoms with E-state index in [1.165, 1.54) is 0 Å². The Balaban J connectivity index is 2.11. The SMILES string of the molecule is C=CC1CC(CO)O1. The van der Waals surface area contributed by atoms with Crippen LogP contribution in [0.15, 0.2) is 12.7 Å². The molecule has 0 aromatic heterocycles. The smallest absolute Gasteiger partial charge is 0.0841 e. The quantitative estimate of drug-likeness (QED) is 0.524. The van der Waals surface area contributed by atoms with Gasteiger partial charge in [0, 0.05) is 6.42 Å². The summed E-state index contributed by atoms with van der Waals surface area (Å²) in [5, 5.41) is 8.44. The fourth-order valence-electron chi connectivity index (χ4n) is 0.765. The molecule has 1 N–H and O–H groups in total. The summed E-state index contributed by atoms with van der Waals surface area (Å²) in [6, 6.07) is 0. The molecule has 0 amide bonds. The third kappa shape index (κ3) is 0.904. The van der Waals surface area contributed by atoms with Gasteiger partial charge in [-0.3, -0.25) is 0 Å². The Morgan fingerprint density at radius 2 is 2.50 bits per heavy atom. The zero-order valence-corrected chi connectivity index (χ0v) is 4.71. The van der Waals surface area contributed by atoms with E-state index in [0.29, 0.717) is 0 Å². The summed E-state index contributed by atoms with van der Waals surface area (Å²) in [6.07, 6.45) is 2.97. The summed E-state index contributed by atoms with van der Waals surface area (Å²) < 4.78 is 5.07. The molecule has 1 fully saturated rings. The monoisotopic (exact) mass is 114 g/mol. The molecule has 0 saturated carbocycles. The van der Waals surface area contributed by atoms with Crippen molar-refractivity contribution in [3.8, 4) is 0 Å². The molecular weight excluding hydrogens is 104 g/mol. The molecule has 0 bridgehead atoms. The molecule has 1 aliphatic rings. The fraction of sp³-hybridized carbons (Fsp3) is 0.667. The average molecular weight is 114 g/mol. The second kappa shape index (κ2) is 2.29. The summed E-state index contributed by atoms with van der Waals surface area (Å²) in [5.41, 5.74) is 0. The molecule has 0 radical (unpaired) electrons. The van der Waals surface area contributed by atoms with E-state index in [-0.39, 0.29) is 18.8 Å². The van der Waals surface area contributed by atoms with E-state index < -0.39 is 0 Å². The number of hydrogen-bond acceptors (Lipinski definition) is 2. The van der Waals surface area contributed by atoms with Crippen LogP contribution in [0.3, 0.4) is 0 Å². The van der Waals surface area contributed by atoms with Gasteiger partial charge in [0.1, 0.15) is 0 Å². The lowest BCUT2D eigenvalue weighted by molar-refractivity contribution is -0.118. The van der Waals surface area contributed by atoms with Crippen LogP contribution in [0.1, 0.15) is 6.42 Å². The second-order valence-electron chi connectivity index (χ2n) is 1.95. The minimum absolute atomic E-state index is 0.0815. The number of ether oxygens (including phenoxy) is 1. The van der Waals surface area contributed by atoms with Crippen LogP contribution >= 0.6 is 0 Å². The Bertz CT molecular complexity index is 84.5. The van der Waals surface area contributed by atoms with E-state index in [1.807, 2.05) is 0 Å². The largest absolute Gasteiger partial charge is 0.394 e. The van der Waals surface area contributed by atoms with Gasteiger partial charge in [-0.25, -0.2) is 0 Å². The van der Waals surface area contributed by atoms with Crippen LogP contribution in [0.2, 0.25) is 0 Å². The van der Waals surface area contributed by atoms with E-state index in [0.717, 1.165) is 6.42 Å². The van der Waals surface area contributed by atoms with Crippen LogP contribution in [-0.4, -0.2) is 23.9 Å². The van der Waals surface area contributed by atoms with Gasteiger partial charge < -0.3 is 9.84 Å². The first kappa shape index (κ1) is 5.79. The highest BCUT2D eigenvalue weighted by Gasteiger charge is 2.25. The maximum Gasteiger partial charge on any atom is 0.0841 e. The molecule has 46 valence electrons. The van der Waals surface area contributed by atoms with Crippen molar-refractivity contribution in [3.05, 3.63) is 12.7 Å². The second-order valence-corrected chi connectivity index (χ2v) is 1.95. The van der Waals surface area contributed by atoms with Crippen LogP contribution in [0.25, 0.3) is 0 Å². The number of aliphatic hydroxyl groups is 1. The lowest BCUT2D eigenvalue weighted by Gasteiger charge is -2.32. The van der Waals surface area contributed by atoms with E-state index >= 15 is 0 Å². The molecule has 2 nitrogen and oxygen atoms in total. The van der Waals surface area contributed by atoms with Gasteiger partial charge in [-0.05, 0) is 0 Å². The van der Waals surface area contributed by atoms with Crippen molar-refractivity contribution in [2.75, 3.05) is 6.61 Å². The first-order valence-electron chi connectivity index (χ1n) is 2.75. The fourth-order valence-corrected chi connectivity index (χ4v) is 0.765. The zero-order chi connectivity index (χ0) is 5.98. The van der Waals surface area contributed by atoms with E-state index in [4.69, 9.17) is 9.84 Å². The van der Waals surface area contributed by atoms with Crippen LogP contribution in [0, 0.1) is 0 Å². The Morgan fingerprint density at radius 1 is 1.88 bits per heavy atom. The van der Waals surface area contributed by atoms with Gasteiger partial charge in [0.15, 0.2) is 0 Å². The maximum atomic E-state index is 8.44. The average Bonchev–Trinajstić information content (AvgIpc) is 1.65. The van der Waals surface area contributed by atoms with Crippen molar-refractivity contribution in [2.24, 2.45) is 0 Å². The zero-order valence-electron chi connectivity index (χ0n) is 4.71. The third-order valence-electron chi connectivity index (χ3n) is 1.33. The molecule has 1 heterocycles. The van der Waals surface area contributed by atoms with Crippen molar-refractivity contribution in [1.82, 2.24) is 0 Å². The van der Waals surface area contributed by atoms with Crippen LogP contribution in [0.4, 0.5) is 0 Å². The molecule has 2 unspecified atom stereocenters. The molecule has 0 spiro atoms. The minimum atomic E-state index is 0.0815. The molecule has 2 atom stereocenters. The highest BCUT2D eigenvalue weighted by atomic mass is 16.5. The first-order valence-corrected chi connectivity index (χ1v) is 2.75. The number of rotatable bonds is 2. The number of hydrogen-bond donors (Lipinski definition) is 1. The third-order valence-corrected chi connectivity index (χ3v) is 1.33. The number of aliphatic hydroxyl groups excluding tert-OH is 1. The van der Waals surface area contributed by atoms with E-state index in [1.54, 1.807) is 6.08 Å². The van der Waals surface area contributed by atoms with Gasteiger partial charge in [-0.1, -0.05) is 6.08 Å². The Kier molecular flexibility index (Phi) is 1.65. The van der Waals surface area contributed by atoms with Crippen molar-refractivity contribution < 1.29 is 9.84 Å². The van der Waals surface area contributed by atoms with Crippen LogP contribution < -0.4 is 0 Å². The molecule has 1 aliphatic heterocycles. The highest BCUT2D eigenvalue weighted by Crippen LogP contribution is 2.19. The first-order chi connectivity index (χ1) is 3.86. The van der Waals surface area contributed by atoms with Gasteiger partial charge in [-0.15, -0.1) is 6.58 Å². The molecule has 0 aliphatic carbocycles. The summed E-state index contributed by atoms with van der Waals surface area (Å²) >= 11 is 0. The lowest BCUT2D eigenvalue weighted by atomic mass is 10.1.